The third kappa shape index (κ3) is 6.70. The predicted octanol–water partition coefficient (Wildman–Crippen LogP) is 5.68. The van der Waals surface area contributed by atoms with Crippen LogP contribution in [0.5, 0.6) is 5.75 Å². The molecule has 0 spiro atoms. The van der Waals surface area contributed by atoms with Crippen LogP contribution in [-0.2, 0) is 4.74 Å². The maximum absolute atomic E-state index is 6.03. The number of hydrogen-bond acceptors (Lipinski definition) is 2. The van der Waals surface area contributed by atoms with Crippen molar-refractivity contribution >= 4 is 5.76 Å². The first-order valence-corrected chi connectivity index (χ1v) is 8.06. The van der Waals surface area contributed by atoms with Crippen molar-refractivity contribution in [1.82, 2.24) is 0 Å². The van der Waals surface area contributed by atoms with E-state index < -0.39 is 0 Å². The number of hydrogen-bond donors (Lipinski definition) is 0. The second kappa shape index (κ2) is 9.49. The molecule has 0 saturated heterocycles. The van der Waals surface area contributed by atoms with Gasteiger partial charge in [0.2, 0.25) is 0 Å². The van der Waals surface area contributed by atoms with E-state index >= 15 is 0 Å². The van der Waals surface area contributed by atoms with Crippen molar-refractivity contribution < 1.29 is 9.47 Å². The minimum absolute atomic E-state index is 0.229. The Labute approximate surface area is 130 Å². The Bertz CT molecular complexity index is 425. The topological polar surface area (TPSA) is 18.5 Å². The highest BCUT2D eigenvalue weighted by Gasteiger charge is 2.11. The molecule has 0 N–H and O–H groups in total. The van der Waals surface area contributed by atoms with E-state index in [1.54, 1.807) is 7.11 Å². The summed E-state index contributed by atoms with van der Waals surface area (Å²) in [4.78, 5) is 0. The van der Waals surface area contributed by atoms with Crippen LogP contribution in [0.15, 0.2) is 30.8 Å². The molecule has 0 aliphatic heterocycles. The summed E-state index contributed by atoms with van der Waals surface area (Å²) < 4.78 is 11.2. The molecule has 0 aromatic heterocycles. The number of benzene rings is 1. The third-order valence-corrected chi connectivity index (χ3v) is 3.77. The summed E-state index contributed by atoms with van der Waals surface area (Å²) in [7, 11) is 1.64. The normalized spacial score (nSPS) is 13.5. The van der Waals surface area contributed by atoms with E-state index in [1.165, 1.54) is 25.7 Å². The summed E-state index contributed by atoms with van der Waals surface area (Å²) >= 11 is 0. The van der Waals surface area contributed by atoms with Crippen molar-refractivity contribution in [3.05, 3.63) is 36.4 Å². The van der Waals surface area contributed by atoms with E-state index in [2.05, 4.69) is 27.4 Å². The molecule has 1 aromatic rings. The molecule has 0 amide bonds. The average molecular weight is 290 g/mol. The lowest BCUT2D eigenvalue weighted by Gasteiger charge is -2.19. The minimum atomic E-state index is 0.229. The molecule has 0 saturated carbocycles. The molecule has 2 unspecified atom stereocenters. The molecular formula is C19H30O2. The van der Waals surface area contributed by atoms with Gasteiger partial charge in [-0.15, -0.1) is 0 Å². The van der Waals surface area contributed by atoms with Crippen LogP contribution in [-0.4, -0.2) is 13.2 Å². The first-order valence-electron chi connectivity index (χ1n) is 8.06. The van der Waals surface area contributed by atoms with Crippen LogP contribution in [0.1, 0.15) is 58.4 Å². The SMILES string of the molecule is C=C(OC)c1cccc(OC(C)CC(C)CCCCC)c1. The van der Waals surface area contributed by atoms with Gasteiger partial charge in [0.15, 0.2) is 0 Å². The van der Waals surface area contributed by atoms with Crippen LogP contribution in [0.3, 0.4) is 0 Å². The van der Waals surface area contributed by atoms with Gasteiger partial charge >= 0.3 is 0 Å². The van der Waals surface area contributed by atoms with Gasteiger partial charge in [-0.1, -0.05) is 58.2 Å². The third-order valence-electron chi connectivity index (χ3n) is 3.77. The molecule has 21 heavy (non-hydrogen) atoms. The smallest absolute Gasteiger partial charge is 0.120 e. The van der Waals surface area contributed by atoms with Gasteiger partial charge in [0.1, 0.15) is 11.5 Å². The highest BCUT2D eigenvalue weighted by molar-refractivity contribution is 5.58. The Balaban J connectivity index is 2.47. The van der Waals surface area contributed by atoms with E-state index in [-0.39, 0.29) is 6.10 Å². The fraction of sp³-hybridized carbons (Fsp3) is 0.579. The summed E-state index contributed by atoms with van der Waals surface area (Å²) in [5, 5.41) is 0. The van der Waals surface area contributed by atoms with E-state index in [9.17, 15) is 0 Å². The molecule has 0 aliphatic rings. The highest BCUT2D eigenvalue weighted by atomic mass is 16.5. The molecule has 2 atom stereocenters. The van der Waals surface area contributed by atoms with Gasteiger partial charge in [-0.25, -0.2) is 0 Å². The van der Waals surface area contributed by atoms with Crippen LogP contribution in [0.4, 0.5) is 0 Å². The monoisotopic (exact) mass is 290 g/mol. The van der Waals surface area contributed by atoms with Gasteiger partial charge in [0.05, 0.1) is 13.2 Å². The molecule has 0 bridgehead atoms. The number of ether oxygens (including phenoxy) is 2. The molecular weight excluding hydrogens is 260 g/mol. The first kappa shape index (κ1) is 17.6. The zero-order chi connectivity index (χ0) is 15.7. The van der Waals surface area contributed by atoms with E-state index in [4.69, 9.17) is 9.47 Å². The second-order valence-corrected chi connectivity index (χ2v) is 5.92. The Morgan fingerprint density at radius 2 is 2.00 bits per heavy atom. The fourth-order valence-electron chi connectivity index (χ4n) is 2.57. The zero-order valence-corrected chi connectivity index (χ0v) is 14.0. The Morgan fingerprint density at radius 3 is 2.67 bits per heavy atom. The van der Waals surface area contributed by atoms with Crippen molar-refractivity contribution in [1.29, 1.82) is 0 Å². The highest BCUT2D eigenvalue weighted by Crippen LogP contribution is 2.23. The summed E-state index contributed by atoms with van der Waals surface area (Å²) in [6.07, 6.45) is 6.57. The van der Waals surface area contributed by atoms with Gasteiger partial charge in [0, 0.05) is 5.56 Å². The minimum Gasteiger partial charge on any atom is -0.497 e. The maximum Gasteiger partial charge on any atom is 0.120 e. The van der Waals surface area contributed by atoms with Gasteiger partial charge in [-0.05, 0) is 31.4 Å². The van der Waals surface area contributed by atoms with Gasteiger partial charge in [-0.3, -0.25) is 0 Å². The predicted molar refractivity (Wildman–Crippen MR) is 90.5 cm³/mol. The van der Waals surface area contributed by atoms with Crippen LogP contribution in [0.25, 0.3) is 5.76 Å². The number of unbranched alkanes of at least 4 members (excludes halogenated alkanes) is 2. The van der Waals surface area contributed by atoms with Crippen LogP contribution in [0.2, 0.25) is 0 Å². The standard InChI is InChI=1S/C19H30O2/c1-6-7-8-10-15(2)13-16(3)21-19-12-9-11-18(14-19)17(4)20-5/h9,11-12,14-16H,4,6-8,10,13H2,1-3,5H3. The zero-order valence-electron chi connectivity index (χ0n) is 14.0. The number of methoxy groups -OCH3 is 1. The van der Waals surface area contributed by atoms with Gasteiger partial charge in [-0.2, -0.15) is 0 Å². The van der Waals surface area contributed by atoms with Crippen molar-refractivity contribution in [2.24, 2.45) is 5.92 Å². The second-order valence-electron chi connectivity index (χ2n) is 5.92. The molecule has 0 radical (unpaired) electrons. The average Bonchev–Trinajstić information content (AvgIpc) is 2.46. The Kier molecular flexibility index (Phi) is 7.96. The van der Waals surface area contributed by atoms with Crippen molar-refractivity contribution in [3.63, 3.8) is 0 Å². The molecule has 1 aromatic carbocycles. The van der Waals surface area contributed by atoms with E-state index in [0.29, 0.717) is 11.7 Å². The summed E-state index contributed by atoms with van der Waals surface area (Å²) in [5.41, 5.74) is 0.971. The van der Waals surface area contributed by atoms with E-state index in [0.717, 1.165) is 17.7 Å². The van der Waals surface area contributed by atoms with Gasteiger partial charge in [0.25, 0.3) is 0 Å². The Hall–Kier alpha value is -1.44. The quantitative estimate of drug-likeness (QED) is 0.408. The summed E-state index contributed by atoms with van der Waals surface area (Å²) in [5.74, 6) is 2.27. The largest absolute Gasteiger partial charge is 0.497 e. The lowest BCUT2D eigenvalue weighted by Crippen LogP contribution is -2.15. The van der Waals surface area contributed by atoms with Crippen LogP contribution >= 0.6 is 0 Å². The van der Waals surface area contributed by atoms with Crippen LogP contribution in [0, 0.1) is 5.92 Å². The maximum atomic E-state index is 6.03. The first-order chi connectivity index (χ1) is 10.1. The van der Waals surface area contributed by atoms with Gasteiger partial charge < -0.3 is 9.47 Å². The lowest BCUT2D eigenvalue weighted by molar-refractivity contribution is 0.185. The Morgan fingerprint density at radius 1 is 1.24 bits per heavy atom. The molecule has 0 heterocycles. The summed E-state index contributed by atoms with van der Waals surface area (Å²) in [6.45, 7) is 10.6. The molecule has 0 aliphatic carbocycles. The number of rotatable bonds is 10. The van der Waals surface area contributed by atoms with Crippen molar-refractivity contribution in [2.75, 3.05) is 7.11 Å². The fourth-order valence-corrected chi connectivity index (χ4v) is 2.57. The molecule has 0 fully saturated rings. The molecule has 2 heteroatoms. The lowest BCUT2D eigenvalue weighted by atomic mass is 9.97. The molecule has 1 rings (SSSR count). The van der Waals surface area contributed by atoms with Crippen molar-refractivity contribution in [3.8, 4) is 5.75 Å². The summed E-state index contributed by atoms with van der Waals surface area (Å²) in [6, 6.07) is 7.94. The van der Waals surface area contributed by atoms with E-state index in [1.807, 2.05) is 24.3 Å². The van der Waals surface area contributed by atoms with Crippen LogP contribution < -0.4 is 4.74 Å². The van der Waals surface area contributed by atoms with Crippen molar-refractivity contribution in [2.45, 2.75) is 59.0 Å². The molecule has 118 valence electrons. The molecule has 2 nitrogen and oxygen atoms in total.